The van der Waals surface area contributed by atoms with Crippen molar-refractivity contribution in [2.24, 2.45) is 16.7 Å². The Morgan fingerprint density at radius 2 is 1.48 bits per heavy atom. The van der Waals surface area contributed by atoms with Crippen LogP contribution in [0.15, 0.2) is 12.2 Å². The summed E-state index contributed by atoms with van der Waals surface area (Å²) >= 11 is 0. The Morgan fingerprint density at radius 3 is 1.96 bits per heavy atom. The first-order valence-corrected chi connectivity index (χ1v) is 8.94. The van der Waals surface area contributed by atoms with Crippen LogP contribution in [-0.4, -0.2) is 22.2 Å². The number of hydrogen-bond acceptors (Lipinski definition) is 2. The predicted molar refractivity (Wildman–Crippen MR) is 91.3 cm³/mol. The molecule has 0 aromatic carbocycles. The summed E-state index contributed by atoms with van der Waals surface area (Å²) in [5, 5.41) is 19.7. The van der Waals surface area contributed by atoms with Crippen molar-refractivity contribution in [2.75, 3.05) is 0 Å². The molecule has 1 aliphatic carbocycles. The largest absolute Gasteiger partial charge is 0.481 e. The Morgan fingerprint density at radius 1 is 0.957 bits per heavy atom. The minimum atomic E-state index is -1.18. The molecule has 0 amide bonds. The summed E-state index contributed by atoms with van der Waals surface area (Å²) in [5.74, 6) is -1.22. The highest BCUT2D eigenvalue weighted by molar-refractivity contribution is 5.87. The maximum absolute atomic E-state index is 12.1. The van der Waals surface area contributed by atoms with Crippen molar-refractivity contribution in [1.29, 1.82) is 0 Å². The molecule has 132 valence electrons. The molecule has 1 aliphatic rings. The number of allylic oxidation sites excluding steroid dienone is 2. The van der Waals surface area contributed by atoms with E-state index in [4.69, 9.17) is 0 Å². The number of rotatable bonds is 10. The van der Waals surface area contributed by atoms with Gasteiger partial charge < -0.3 is 10.2 Å². The molecule has 0 saturated carbocycles. The van der Waals surface area contributed by atoms with Gasteiger partial charge in [0.2, 0.25) is 0 Å². The van der Waals surface area contributed by atoms with Crippen LogP contribution in [0.1, 0.15) is 78.6 Å². The summed E-state index contributed by atoms with van der Waals surface area (Å²) in [7, 11) is 0. The van der Waals surface area contributed by atoms with Crippen LogP contribution in [0.4, 0.5) is 0 Å². The van der Waals surface area contributed by atoms with Crippen molar-refractivity contribution in [1.82, 2.24) is 0 Å². The van der Waals surface area contributed by atoms with E-state index >= 15 is 0 Å². The van der Waals surface area contributed by atoms with Crippen LogP contribution in [0, 0.1) is 16.7 Å². The molecule has 0 spiro atoms. The van der Waals surface area contributed by atoms with Crippen LogP contribution in [-0.2, 0) is 9.59 Å². The molecule has 0 aliphatic heterocycles. The standard InChI is InChI=1S/C19H32O4/c1-4-18(16(20)21)12-9-10-14-19(18,17(22)23)13-8-6-5-7-11-15(2)3/h9-10,15H,4-8,11-14H2,1-3H3,(H,20,21)(H,22,23). The lowest BCUT2D eigenvalue weighted by molar-refractivity contribution is -0.176. The first-order chi connectivity index (χ1) is 10.8. The summed E-state index contributed by atoms with van der Waals surface area (Å²) < 4.78 is 0. The Balaban J connectivity index is 2.79. The molecule has 0 aromatic heterocycles. The summed E-state index contributed by atoms with van der Waals surface area (Å²) in [6.45, 7) is 6.21. The van der Waals surface area contributed by atoms with Crippen LogP contribution in [0.3, 0.4) is 0 Å². The molecule has 1 rings (SSSR count). The number of carbonyl (C=O) groups is 2. The van der Waals surface area contributed by atoms with Gasteiger partial charge in [0.05, 0.1) is 10.8 Å². The first kappa shape index (κ1) is 19.7. The topological polar surface area (TPSA) is 74.6 Å². The van der Waals surface area contributed by atoms with Gasteiger partial charge >= 0.3 is 11.9 Å². The average Bonchev–Trinajstić information content (AvgIpc) is 2.50. The molecule has 23 heavy (non-hydrogen) atoms. The third kappa shape index (κ3) is 4.15. The van der Waals surface area contributed by atoms with E-state index in [9.17, 15) is 19.8 Å². The highest BCUT2D eigenvalue weighted by Crippen LogP contribution is 2.54. The molecule has 0 bridgehead atoms. The number of unbranched alkanes of at least 4 members (excludes halogenated alkanes) is 3. The number of aliphatic carboxylic acids is 2. The molecule has 0 radical (unpaired) electrons. The van der Waals surface area contributed by atoms with Gasteiger partial charge in [-0.1, -0.05) is 65.0 Å². The second-order valence-electron chi connectivity index (χ2n) is 7.35. The monoisotopic (exact) mass is 324 g/mol. The van der Waals surface area contributed by atoms with Gasteiger partial charge in [0.15, 0.2) is 0 Å². The fraction of sp³-hybridized carbons (Fsp3) is 0.789. The number of hydrogen-bond donors (Lipinski definition) is 2. The van der Waals surface area contributed by atoms with Crippen molar-refractivity contribution >= 4 is 11.9 Å². The van der Waals surface area contributed by atoms with E-state index in [0.29, 0.717) is 31.6 Å². The highest BCUT2D eigenvalue weighted by atomic mass is 16.4. The Bertz CT molecular complexity index is 441. The van der Waals surface area contributed by atoms with Gasteiger partial charge in [-0.05, 0) is 31.6 Å². The van der Waals surface area contributed by atoms with Crippen LogP contribution in [0.25, 0.3) is 0 Å². The molecule has 0 aromatic rings. The molecule has 2 atom stereocenters. The number of carboxylic acids is 2. The zero-order chi connectivity index (χ0) is 17.5. The zero-order valence-corrected chi connectivity index (χ0v) is 14.8. The van der Waals surface area contributed by atoms with Crippen molar-refractivity contribution < 1.29 is 19.8 Å². The van der Waals surface area contributed by atoms with Crippen LogP contribution in [0.2, 0.25) is 0 Å². The molecule has 4 nitrogen and oxygen atoms in total. The van der Waals surface area contributed by atoms with Gasteiger partial charge in [-0.2, -0.15) is 0 Å². The molecule has 2 unspecified atom stereocenters. The molecule has 0 saturated heterocycles. The van der Waals surface area contributed by atoms with Gasteiger partial charge in [-0.25, -0.2) is 0 Å². The Kier molecular flexibility index (Phi) is 7.30. The SMILES string of the molecule is CCC1(C(=O)O)CC=CCC1(CCCCCCC(C)C)C(=O)O. The third-order valence-electron chi connectivity index (χ3n) is 5.57. The Labute approximate surface area is 140 Å². The Hall–Kier alpha value is -1.32. The first-order valence-electron chi connectivity index (χ1n) is 8.94. The average molecular weight is 324 g/mol. The number of carboxylic acid groups (broad SMARTS) is 2. The minimum absolute atomic E-state index is 0.318. The van der Waals surface area contributed by atoms with Gasteiger partial charge in [0.25, 0.3) is 0 Å². The van der Waals surface area contributed by atoms with Crippen LogP contribution in [0.5, 0.6) is 0 Å². The fourth-order valence-corrected chi connectivity index (χ4v) is 3.96. The lowest BCUT2D eigenvalue weighted by atomic mass is 9.54. The van der Waals surface area contributed by atoms with Crippen LogP contribution < -0.4 is 0 Å². The van der Waals surface area contributed by atoms with E-state index in [1.807, 2.05) is 12.2 Å². The van der Waals surface area contributed by atoms with Crippen molar-refractivity contribution in [3.63, 3.8) is 0 Å². The fourth-order valence-electron chi connectivity index (χ4n) is 3.96. The molecule has 0 fully saturated rings. The van der Waals surface area contributed by atoms with Crippen molar-refractivity contribution in [3.05, 3.63) is 12.2 Å². The van der Waals surface area contributed by atoms with E-state index in [1.165, 1.54) is 6.42 Å². The van der Waals surface area contributed by atoms with Gasteiger partial charge in [-0.15, -0.1) is 0 Å². The third-order valence-corrected chi connectivity index (χ3v) is 5.57. The highest BCUT2D eigenvalue weighted by Gasteiger charge is 2.59. The summed E-state index contributed by atoms with van der Waals surface area (Å²) in [6, 6.07) is 0. The van der Waals surface area contributed by atoms with Crippen LogP contribution >= 0.6 is 0 Å². The summed E-state index contributed by atoms with van der Waals surface area (Å²) in [6.07, 6.45) is 10.4. The van der Waals surface area contributed by atoms with E-state index in [-0.39, 0.29) is 0 Å². The minimum Gasteiger partial charge on any atom is -0.481 e. The zero-order valence-electron chi connectivity index (χ0n) is 14.8. The predicted octanol–water partition coefficient (Wildman–Crippen LogP) is 4.89. The molecule has 0 heterocycles. The molecule has 4 heteroatoms. The van der Waals surface area contributed by atoms with Gasteiger partial charge in [-0.3, -0.25) is 9.59 Å². The van der Waals surface area contributed by atoms with E-state index in [2.05, 4.69) is 13.8 Å². The molecule has 2 N–H and O–H groups in total. The normalized spacial score (nSPS) is 27.3. The van der Waals surface area contributed by atoms with Gasteiger partial charge in [0.1, 0.15) is 0 Å². The van der Waals surface area contributed by atoms with Crippen molar-refractivity contribution in [2.45, 2.75) is 78.6 Å². The van der Waals surface area contributed by atoms with Gasteiger partial charge in [0, 0.05) is 0 Å². The summed E-state index contributed by atoms with van der Waals surface area (Å²) in [4.78, 5) is 24.0. The second-order valence-corrected chi connectivity index (χ2v) is 7.35. The van der Waals surface area contributed by atoms with E-state index in [0.717, 1.165) is 25.7 Å². The molecular weight excluding hydrogens is 292 g/mol. The van der Waals surface area contributed by atoms with E-state index in [1.54, 1.807) is 6.92 Å². The maximum Gasteiger partial charge on any atom is 0.311 e. The van der Waals surface area contributed by atoms with Crippen molar-refractivity contribution in [3.8, 4) is 0 Å². The lowest BCUT2D eigenvalue weighted by Gasteiger charge is -2.46. The quantitative estimate of drug-likeness (QED) is 0.443. The maximum atomic E-state index is 12.1. The van der Waals surface area contributed by atoms with E-state index < -0.39 is 22.8 Å². The summed E-state index contributed by atoms with van der Waals surface area (Å²) in [5.41, 5.74) is -2.34. The second kappa shape index (κ2) is 8.51. The lowest BCUT2D eigenvalue weighted by Crippen LogP contribution is -2.53. The smallest absolute Gasteiger partial charge is 0.311 e. The molecular formula is C19H32O4.